The summed E-state index contributed by atoms with van der Waals surface area (Å²) in [5, 5.41) is 12.8. The minimum absolute atomic E-state index is 0.0453. The molecule has 2 heterocycles. The van der Waals surface area contributed by atoms with E-state index in [-0.39, 0.29) is 5.91 Å². The molecule has 0 spiro atoms. The first kappa shape index (κ1) is 17.8. The molecule has 0 aliphatic heterocycles. The van der Waals surface area contributed by atoms with Gasteiger partial charge in [0.25, 0.3) is 0 Å². The second-order valence-corrected chi connectivity index (χ2v) is 8.26. The van der Waals surface area contributed by atoms with Crippen molar-refractivity contribution < 1.29 is 4.79 Å². The number of benzene rings is 2. The van der Waals surface area contributed by atoms with Crippen molar-refractivity contribution in [2.75, 3.05) is 5.32 Å². The lowest BCUT2D eigenvalue weighted by atomic mass is 10.1. The molecule has 0 atom stereocenters. The van der Waals surface area contributed by atoms with E-state index in [2.05, 4.69) is 38.7 Å². The number of aromatic nitrogens is 3. The van der Waals surface area contributed by atoms with E-state index in [1.54, 1.807) is 11.8 Å². The number of hydrogen-bond donors (Lipinski definition) is 2. The lowest BCUT2D eigenvalue weighted by Crippen LogP contribution is -2.12. The van der Waals surface area contributed by atoms with E-state index in [9.17, 15) is 4.79 Å². The number of thioether (sulfide) groups is 1. The van der Waals surface area contributed by atoms with Gasteiger partial charge in [-0.3, -0.25) is 4.79 Å². The molecule has 2 aromatic carbocycles. The number of para-hydroxylation sites is 1. The quantitative estimate of drug-likeness (QED) is 0.346. The van der Waals surface area contributed by atoms with Gasteiger partial charge in [-0.2, -0.15) is 0 Å². The predicted octanol–water partition coefficient (Wildman–Crippen LogP) is 4.88. The zero-order chi connectivity index (χ0) is 18.5. The average molecular weight is 395 g/mol. The fourth-order valence-corrected chi connectivity index (χ4v) is 4.53. The number of aryl methyl sites for hydroxylation is 1. The first-order valence-corrected chi connectivity index (χ1v) is 10.4. The number of hydrogen-bond acceptors (Lipinski definition) is 5. The van der Waals surface area contributed by atoms with Crippen molar-refractivity contribution in [3.63, 3.8) is 0 Å². The van der Waals surface area contributed by atoms with Gasteiger partial charge in [-0.15, -0.1) is 10.2 Å². The Labute approximate surface area is 165 Å². The van der Waals surface area contributed by atoms with E-state index in [1.807, 2.05) is 42.6 Å². The SMILES string of the molecule is O=C(CCc1c[nH]c2ccccc12)Nc1nnc(SCc2ccccc2)s1. The third-order valence-corrected chi connectivity index (χ3v) is 6.20. The third-order valence-electron chi connectivity index (χ3n) is 4.15. The van der Waals surface area contributed by atoms with Gasteiger partial charge in [0.15, 0.2) is 4.34 Å². The highest BCUT2D eigenvalue weighted by molar-refractivity contribution is 8.00. The van der Waals surface area contributed by atoms with Crippen LogP contribution in [0.5, 0.6) is 0 Å². The summed E-state index contributed by atoms with van der Waals surface area (Å²) in [6.45, 7) is 0. The summed E-state index contributed by atoms with van der Waals surface area (Å²) in [6.07, 6.45) is 3.07. The summed E-state index contributed by atoms with van der Waals surface area (Å²) in [6, 6.07) is 18.3. The van der Waals surface area contributed by atoms with Crippen LogP contribution in [-0.4, -0.2) is 21.1 Å². The Hall–Kier alpha value is -2.64. The molecule has 0 saturated carbocycles. The Morgan fingerprint density at radius 1 is 1.07 bits per heavy atom. The van der Waals surface area contributed by atoms with Crippen molar-refractivity contribution in [3.8, 4) is 0 Å². The second kappa shape index (κ2) is 8.37. The van der Waals surface area contributed by atoms with Gasteiger partial charge < -0.3 is 10.3 Å². The van der Waals surface area contributed by atoms with Crippen molar-refractivity contribution in [3.05, 3.63) is 71.9 Å². The summed E-state index contributed by atoms with van der Waals surface area (Å²) in [4.78, 5) is 15.5. The van der Waals surface area contributed by atoms with Crippen LogP contribution < -0.4 is 5.32 Å². The molecule has 1 amide bonds. The number of rotatable bonds is 7. The molecule has 2 N–H and O–H groups in total. The number of carbonyl (C=O) groups is 1. The average Bonchev–Trinajstić information content (AvgIpc) is 3.32. The first-order valence-electron chi connectivity index (χ1n) is 8.63. The molecule has 0 bridgehead atoms. The van der Waals surface area contributed by atoms with Crippen molar-refractivity contribution in [1.82, 2.24) is 15.2 Å². The standard InChI is InChI=1S/C20H18N4OS2/c25-18(11-10-15-12-21-17-9-5-4-8-16(15)17)22-19-23-24-20(27-19)26-13-14-6-2-1-3-7-14/h1-9,12,21H,10-11,13H2,(H,22,23,25). The molecule has 0 aliphatic carbocycles. The van der Waals surface area contributed by atoms with E-state index in [1.165, 1.54) is 22.3 Å². The van der Waals surface area contributed by atoms with Gasteiger partial charge in [-0.1, -0.05) is 71.6 Å². The largest absolute Gasteiger partial charge is 0.361 e. The minimum atomic E-state index is -0.0453. The van der Waals surface area contributed by atoms with Crippen molar-refractivity contribution in [2.24, 2.45) is 0 Å². The maximum absolute atomic E-state index is 12.2. The molecular formula is C20H18N4OS2. The molecule has 0 radical (unpaired) electrons. The molecule has 5 nitrogen and oxygen atoms in total. The molecule has 0 fully saturated rings. The number of aromatic amines is 1. The van der Waals surface area contributed by atoms with Crippen LogP contribution in [0.1, 0.15) is 17.5 Å². The predicted molar refractivity (Wildman–Crippen MR) is 111 cm³/mol. The fraction of sp³-hybridized carbons (Fsp3) is 0.150. The number of carbonyl (C=O) groups excluding carboxylic acids is 1. The number of nitrogens with zero attached hydrogens (tertiary/aromatic N) is 2. The van der Waals surface area contributed by atoms with Gasteiger partial charge in [-0.05, 0) is 23.6 Å². The highest BCUT2D eigenvalue weighted by Gasteiger charge is 2.10. The summed E-state index contributed by atoms with van der Waals surface area (Å²) >= 11 is 3.03. The van der Waals surface area contributed by atoms with Crippen LogP contribution in [0.2, 0.25) is 0 Å². The molecule has 27 heavy (non-hydrogen) atoms. The van der Waals surface area contributed by atoms with Gasteiger partial charge in [0.2, 0.25) is 11.0 Å². The molecule has 136 valence electrons. The summed E-state index contributed by atoms with van der Waals surface area (Å²) in [7, 11) is 0. The van der Waals surface area contributed by atoms with Crippen LogP contribution >= 0.6 is 23.1 Å². The van der Waals surface area contributed by atoms with Gasteiger partial charge in [0.1, 0.15) is 0 Å². The summed E-state index contributed by atoms with van der Waals surface area (Å²) < 4.78 is 0.853. The van der Waals surface area contributed by atoms with Gasteiger partial charge in [0, 0.05) is 29.3 Å². The zero-order valence-corrected chi connectivity index (χ0v) is 16.1. The van der Waals surface area contributed by atoms with Crippen molar-refractivity contribution in [1.29, 1.82) is 0 Å². The normalized spacial score (nSPS) is 11.0. The van der Waals surface area contributed by atoms with Crippen molar-refractivity contribution >= 4 is 45.0 Å². The highest BCUT2D eigenvalue weighted by atomic mass is 32.2. The number of anilines is 1. The Kier molecular flexibility index (Phi) is 5.50. The Morgan fingerprint density at radius 2 is 1.89 bits per heavy atom. The van der Waals surface area contributed by atoms with Crippen LogP contribution in [0.4, 0.5) is 5.13 Å². The van der Waals surface area contributed by atoms with E-state index in [0.717, 1.165) is 21.2 Å². The van der Waals surface area contributed by atoms with Gasteiger partial charge >= 0.3 is 0 Å². The molecule has 2 aromatic heterocycles. The third kappa shape index (κ3) is 4.56. The van der Waals surface area contributed by atoms with Crippen LogP contribution in [-0.2, 0) is 17.0 Å². The highest BCUT2D eigenvalue weighted by Crippen LogP contribution is 2.28. The van der Waals surface area contributed by atoms with Crippen LogP contribution in [0.15, 0.2) is 65.1 Å². The van der Waals surface area contributed by atoms with Crippen LogP contribution in [0.3, 0.4) is 0 Å². The second-order valence-electron chi connectivity index (χ2n) is 6.06. The van der Waals surface area contributed by atoms with E-state index >= 15 is 0 Å². The monoisotopic (exact) mass is 394 g/mol. The Morgan fingerprint density at radius 3 is 2.78 bits per heavy atom. The molecule has 0 aliphatic rings. The smallest absolute Gasteiger partial charge is 0.226 e. The molecule has 4 rings (SSSR count). The molecule has 0 saturated heterocycles. The number of amides is 1. The van der Waals surface area contributed by atoms with E-state index in [4.69, 9.17) is 0 Å². The van der Waals surface area contributed by atoms with Crippen LogP contribution in [0.25, 0.3) is 10.9 Å². The molecule has 4 aromatic rings. The Balaban J connectivity index is 1.29. The zero-order valence-electron chi connectivity index (χ0n) is 14.5. The topological polar surface area (TPSA) is 70.7 Å². The number of H-pyrrole nitrogens is 1. The lowest BCUT2D eigenvalue weighted by Gasteiger charge is -2.01. The maximum Gasteiger partial charge on any atom is 0.226 e. The fourth-order valence-electron chi connectivity index (χ4n) is 2.81. The van der Waals surface area contributed by atoms with Gasteiger partial charge in [-0.25, -0.2) is 0 Å². The summed E-state index contributed by atoms with van der Waals surface area (Å²) in [5.41, 5.74) is 3.48. The van der Waals surface area contributed by atoms with Gasteiger partial charge in [0.05, 0.1) is 0 Å². The van der Waals surface area contributed by atoms with Crippen molar-refractivity contribution in [2.45, 2.75) is 22.9 Å². The molecular weight excluding hydrogens is 376 g/mol. The number of fused-ring (bicyclic) bond motifs is 1. The van der Waals surface area contributed by atoms with E-state index in [0.29, 0.717) is 18.0 Å². The lowest BCUT2D eigenvalue weighted by molar-refractivity contribution is -0.116. The minimum Gasteiger partial charge on any atom is -0.361 e. The number of nitrogens with one attached hydrogen (secondary N) is 2. The first-order chi connectivity index (χ1) is 13.3. The van der Waals surface area contributed by atoms with Crippen LogP contribution in [0, 0.1) is 0 Å². The summed E-state index contributed by atoms with van der Waals surface area (Å²) in [5.74, 6) is 0.792. The molecule has 0 unspecified atom stereocenters. The molecule has 7 heteroatoms. The maximum atomic E-state index is 12.2. The van der Waals surface area contributed by atoms with E-state index < -0.39 is 0 Å². The Bertz CT molecular complexity index is 1040.